The summed E-state index contributed by atoms with van der Waals surface area (Å²) in [6.07, 6.45) is 0.867. The van der Waals surface area contributed by atoms with Crippen molar-refractivity contribution in [1.29, 1.82) is 0 Å². The number of anilines is 3. The fourth-order valence-electron chi connectivity index (χ4n) is 4.59. The molecule has 0 radical (unpaired) electrons. The number of methoxy groups -OCH3 is 1. The highest BCUT2D eigenvalue weighted by molar-refractivity contribution is 7.92. The fraction of sp³-hybridized carbons (Fsp3) is 0.250. The molecule has 0 saturated carbocycles. The Morgan fingerprint density at radius 2 is 1.77 bits per heavy atom. The Hall–Kier alpha value is -3.93. The lowest BCUT2D eigenvalue weighted by Gasteiger charge is -2.24. The molecule has 0 spiro atoms. The summed E-state index contributed by atoms with van der Waals surface area (Å²) in [6.45, 7) is 1.68. The minimum absolute atomic E-state index is 0.0274. The molecule has 1 atom stereocenters. The summed E-state index contributed by atoms with van der Waals surface area (Å²) in [5, 5.41) is 3.47. The third-order valence-electron chi connectivity index (χ3n) is 6.85. The van der Waals surface area contributed by atoms with E-state index in [-0.39, 0.29) is 34.0 Å². The maximum Gasteiger partial charge on any atom is 0.263 e. The van der Waals surface area contributed by atoms with Gasteiger partial charge >= 0.3 is 0 Å². The van der Waals surface area contributed by atoms with Crippen LogP contribution in [0.4, 0.5) is 17.3 Å². The quantitative estimate of drug-likeness (QED) is 0.310. The average molecular weight is 581 g/mol. The van der Waals surface area contributed by atoms with Crippen molar-refractivity contribution < 1.29 is 17.9 Å². The van der Waals surface area contributed by atoms with Gasteiger partial charge in [0, 0.05) is 31.3 Å². The fourth-order valence-corrected chi connectivity index (χ4v) is 5.81. The smallest absolute Gasteiger partial charge is 0.263 e. The van der Waals surface area contributed by atoms with E-state index in [1.54, 1.807) is 60.5 Å². The molecule has 0 bridgehead atoms. The van der Waals surface area contributed by atoms with Crippen LogP contribution in [0.5, 0.6) is 5.75 Å². The first kappa shape index (κ1) is 27.6. The molecular formula is C28H29ClN6O4S. The van der Waals surface area contributed by atoms with E-state index in [1.807, 2.05) is 13.1 Å². The molecule has 1 unspecified atom stereocenters. The number of para-hydroxylation sites is 2. The van der Waals surface area contributed by atoms with Gasteiger partial charge in [0.15, 0.2) is 11.6 Å². The molecule has 208 valence electrons. The number of hydrogen-bond donors (Lipinski definition) is 2. The van der Waals surface area contributed by atoms with Gasteiger partial charge in [0.2, 0.25) is 0 Å². The number of benzene rings is 3. The van der Waals surface area contributed by atoms with E-state index in [4.69, 9.17) is 16.3 Å². The lowest BCUT2D eigenvalue weighted by Crippen LogP contribution is -2.38. The van der Waals surface area contributed by atoms with Gasteiger partial charge in [-0.1, -0.05) is 29.8 Å². The topological polar surface area (TPSA) is 117 Å². The van der Waals surface area contributed by atoms with Crippen LogP contribution in [0.2, 0.25) is 5.02 Å². The Bertz CT molecular complexity index is 1680. The molecule has 0 aliphatic carbocycles. The van der Waals surface area contributed by atoms with Crippen molar-refractivity contribution in [2.75, 3.05) is 44.3 Å². The summed E-state index contributed by atoms with van der Waals surface area (Å²) in [6, 6.07) is 18.2. The monoisotopic (exact) mass is 580 g/mol. The van der Waals surface area contributed by atoms with Crippen LogP contribution in [0.3, 0.4) is 0 Å². The number of ether oxygens (including phenoxy) is 1. The van der Waals surface area contributed by atoms with Gasteiger partial charge in [-0.05, 0) is 62.5 Å². The minimum atomic E-state index is -4.16. The van der Waals surface area contributed by atoms with E-state index in [0.717, 1.165) is 19.5 Å². The number of fused-ring (bicyclic) bond motifs is 1. The highest BCUT2D eigenvalue weighted by Crippen LogP contribution is 2.33. The average Bonchev–Trinajstić information content (AvgIpc) is 3.39. The first-order chi connectivity index (χ1) is 19.1. The van der Waals surface area contributed by atoms with Crippen molar-refractivity contribution in [1.82, 2.24) is 19.8 Å². The van der Waals surface area contributed by atoms with E-state index in [9.17, 15) is 13.2 Å². The second-order valence-corrected chi connectivity index (χ2v) is 11.7. The number of carbonyl (C=O) groups excluding carboxylic acids is 1. The first-order valence-electron chi connectivity index (χ1n) is 12.6. The molecule has 1 aromatic heterocycles. The van der Waals surface area contributed by atoms with Gasteiger partial charge in [-0.15, -0.1) is 0 Å². The van der Waals surface area contributed by atoms with Crippen LogP contribution in [-0.4, -0.2) is 74.4 Å². The van der Waals surface area contributed by atoms with Gasteiger partial charge in [0.25, 0.3) is 15.9 Å². The Kier molecular flexibility index (Phi) is 7.79. The predicted octanol–water partition coefficient (Wildman–Crippen LogP) is 4.61. The molecule has 4 aromatic rings. The van der Waals surface area contributed by atoms with E-state index in [2.05, 4.69) is 24.9 Å². The normalized spacial score (nSPS) is 15.7. The molecule has 1 amide bonds. The molecule has 2 N–H and O–H groups in total. The number of amides is 1. The van der Waals surface area contributed by atoms with Gasteiger partial charge in [-0.2, -0.15) is 0 Å². The number of aromatic nitrogens is 2. The van der Waals surface area contributed by atoms with Gasteiger partial charge < -0.3 is 19.9 Å². The van der Waals surface area contributed by atoms with Crippen molar-refractivity contribution in [3.8, 4) is 5.75 Å². The number of sulfonamides is 1. The summed E-state index contributed by atoms with van der Waals surface area (Å²) in [5.74, 6) is 0.437. The SMILES string of the molecule is COc1ccc(Cl)c(Nc2nc3ccccc3nc2NS(=O)(=O)c2cccc(C(=O)N(C)C3CCN(C)C3)c2)c1. The lowest BCUT2D eigenvalue weighted by molar-refractivity contribution is 0.0737. The maximum absolute atomic E-state index is 13.6. The molecule has 2 heterocycles. The largest absolute Gasteiger partial charge is 0.497 e. The number of likely N-dealkylation sites (tertiary alicyclic amines) is 1. The maximum atomic E-state index is 13.6. The van der Waals surface area contributed by atoms with Crippen LogP contribution < -0.4 is 14.8 Å². The minimum Gasteiger partial charge on any atom is -0.497 e. The first-order valence-corrected chi connectivity index (χ1v) is 14.5. The number of likely N-dealkylation sites (N-methyl/N-ethyl adjacent to an activating group) is 2. The van der Waals surface area contributed by atoms with E-state index in [1.165, 1.54) is 19.2 Å². The highest BCUT2D eigenvalue weighted by atomic mass is 35.5. The van der Waals surface area contributed by atoms with Crippen molar-refractivity contribution in [2.45, 2.75) is 17.4 Å². The Morgan fingerprint density at radius 3 is 2.45 bits per heavy atom. The summed E-state index contributed by atoms with van der Waals surface area (Å²) in [7, 11) is 1.13. The van der Waals surface area contributed by atoms with Gasteiger partial charge in [-0.3, -0.25) is 9.52 Å². The van der Waals surface area contributed by atoms with Gasteiger partial charge in [0.05, 0.1) is 33.7 Å². The number of carbonyl (C=O) groups is 1. The zero-order valence-electron chi connectivity index (χ0n) is 22.3. The third-order valence-corrected chi connectivity index (χ3v) is 8.52. The summed E-state index contributed by atoms with van der Waals surface area (Å²) in [5.41, 5.74) is 1.79. The number of halogens is 1. The van der Waals surface area contributed by atoms with Gasteiger partial charge in [-0.25, -0.2) is 18.4 Å². The van der Waals surface area contributed by atoms with Crippen LogP contribution in [-0.2, 0) is 10.0 Å². The highest BCUT2D eigenvalue weighted by Gasteiger charge is 2.28. The lowest BCUT2D eigenvalue weighted by atomic mass is 10.1. The third kappa shape index (κ3) is 5.81. The van der Waals surface area contributed by atoms with Crippen molar-refractivity contribution in [3.63, 3.8) is 0 Å². The molecule has 1 saturated heterocycles. The molecule has 10 nitrogen and oxygen atoms in total. The van der Waals surface area contributed by atoms with E-state index >= 15 is 0 Å². The molecule has 1 aliphatic heterocycles. The van der Waals surface area contributed by atoms with Crippen LogP contribution in [0.15, 0.2) is 71.6 Å². The Labute approximate surface area is 238 Å². The van der Waals surface area contributed by atoms with E-state index < -0.39 is 10.0 Å². The number of nitrogens with one attached hydrogen (secondary N) is 2. The Morgan fingerprint density at radius 1 is 1.05 bits per heavy atom. The standard InChI is InChI=1S/C28H29ClN6O4S/c1-34-14-13-19(17-34)35(2)28(36)18-7-6-8-21(15-18)40(37,38)33-27-26(30-23-9-4-5-10-24(23)31-27)32-25-16-20(39-3)11-12-22(25)29/h4-12,15-16,19H,13-14,17H2,1-3H3,(H,30,32)(H,31,33). The van der Waals surface area contributed by atoms with Crippen LogP contribution in [0, 0.1) is 0 Å². The molecule has 5 rings (SSSR count). The molecular weight excluding hydrogens is 552 g/mol. The molecule has 3 aromatic carbocycles. The second-order valence-electron chi connectivity index (χ2n) is 9.63. The summed E-state index contributed by atoms with van der Waals surface area (Å²) >= 11 is 6.39. The van der Waals surface area contributed by atoms with Crippen molar-refractivity contribution >= 4 is 55.9 Å². The van der Waals surface area contributed by atoms with Crippen molar-refractivity contribution in [3.05, 3.63) is 77.3 Å². The summed E-state index contributed by atoms with van der Waals surface area (Å²) in [4.78, 5) is 26.1. The van der Waals surface area contributed by atoms with Crippen LogP contribution in [0.25, 0.3) is 11.0 Å². The molecule has 1 aliphatic rings. The Balaban J connectivity index is 1.47. The summed E-state index contributed by atoms with van der Waals surface area (Å²) < 4.78 is 35.0. The second kappa shape index (κ2) is 11.3. The zero-order valence-corrected chi connectivity index (χ0v) is 23.8. The molecule has 1 fully saturated rings. The van der Waals surface area contributed by atoms with Crippen molar-refractivity contribution in [2.24, 2.45) is 0 Å². The predicted molar refractivity (Wildman–Crippen MR) is 156 cm³/mol. The van der Waals surface area contributed by atoms with Gasteiger partial charge in [0.1, 0.15) is 5.75 Å². The van der Waals surface area contributed by atoms with Crippen LogP contribution >= 0.6 is 11.6 Å². The number of nitrogens with zero attached hydrogens (tertiary/aromatic N) is 4. The number of rotatable bonds is 8. The van der Waals surface area contributed by atoms with E-state index in [0.29, 0.717) is 27.5 Å². The molecule has 12 heteroatoms. The molecule has 40 heavy (non-hydrogen) atoms. The number of hydrogen-bond acceptors (Lipinski definition) is 8. The zero-order chi connectivity index (χ0) is 28.4. The van der Waals surface area contributed by atoms with Crippen LogP contribution in [0.1, 0.15) is 16.8 Å².